The molecule has 0 N–H and O–H groups in total. The van der Waals surface area contributed by atoms with Gasteiger partial charge in [-0.15, -0.1) is 0 Å². The molecule has 0 unspecified atom stereocenters. The molecule has 0 spiro atoms. The highest BCUT2D eigenvalue weighted by Gasteiger charge is 2.27. The molecule has 3 aromatic carbocycles. The van der Waals surface area contributed by atoms with Gasteiger partial charge in [0.25, 0.3) is 0 Å². The lowest BCUT2D eigenvalue weighted by atomic mass is 10.3. The monoisotopic (exact) mass is 291 g/mol. The minimum absolute atomic E-state index is 0.255. The Balaban J connectivity index is 2.25. The normalized spacial score (nSPS) is 11.3. The van der Waals surface area contributed by atoms with Crippen LogP contribution in [0.2, 0.25) is 0 Å². The molecule has 0 aromatic heterocycles. The minimum Gasteiger partial charge on any atom is -0.284 e. The SMILES string of the molecule is [B-][P+](c1ccccc1)(c1ccccc1)c1cccc(F)c1. The van der Waals surface area contributed by atoms with Gasteiger partial charge < -0.3 is 0 Å². The Morgan fingerprint density at radius 3 is 1.57 bits per heavy atom. The van der Waals surface area contributed by atoms with Crippen LogP contribution in [0.25, 0.3) is 0 Å². The molecule has 0 amide bonds. The van der Waals surface area contributed by atoms with Gasteiger partial charge in [0.05, 0.1) is 15.9 Å². The first-order chi connectivity index (χ1) is 10.2. The standard InChI is InChI=1S/C18H14BFP/c19-21(16-9-3-1-4-10-16,17-11-5-2-6-12-17)18-13-7-8-15(20)14-18/h1-14H. The van der Waals surface area contributed by atoms with E-state index in [0.29, 0.717) is 0 Å². The average molecular weight is 291 g/mol. The number of benzene rings is 3. The fraction of sp³-hybridized carbons (Fsp3) is 0. The van der Waals surface area contributed by atoms with Crippen LogP contribution < -0.4 is 15.9 Å². The van der Waals surface area contributed by atoms with Crippen LogP contribution in [-0.2, 0) is 0 Å². The van der Waals surface area contributed by atoms with E-state index in [4.69, 9.17) is 7.57 Å². The van der Waals surface area contributed by atoms with Crippen molar-refractivity contribution in [3.63, 3.8) is 0 Å². The van der Waals surface area contributed by atoms with E-state index in [9.17, 15) is 4.39 Å². The highest BCUT2D eigenvalue weighted by molar-refractivity contribution is 8.13. The molecular formula is C18H14BFP. The number of hydrogen-bond donors (Lipinski definition) is 0. The number of halogens is 1. The number of hydrogen-bond acceptors (Lipinski definition) is 0. The molecule has 0 heterocycles. The first-order valence-electron chi connectivity index (χ1n) is 6.76. The second kappa shape index (κ2) is 5.83. The summed E-state index contributed by atoms with van der Waals surface area (Å²) in [6.07, 6.45) is 0. The lowest BCUT2D eigenvalue weighted by molar-refractivity contribution is 0.629. The molecule has 3 rings (SSSR count). The van der Waals surface area contributed by atoms with Crippen LogP contribution >= 0.6 is 7.14 Å². The Morgan fingerprint density at radius 2 is 1.10 bits per heavy atom. The van der Waals surface area contributed by atoms with Gasteiger partial charge in [-0.25, -0.2) is 4.39 Å². The van der Waals surface area contributed by atoms with Crippen LogP contribution in [0, 0.1) is 5.82 Å². The summed E-state index contributed by atoms with van der Waals surface area (Å²) in [6.45, 7) is 0. The van der Waals surface area contributed by atoms with Crippen molar-refractivity contribution in [2.45, 2.75) is 0 Å². The maximum absolute atomic E-state index is 13.7. The molecule has 0 saturated carbocycles. The molecule has 101 valence electrons. The van der Waals surface area contributed by atoms with E-state index in [2.05, 4.69) is 0 Å². The first-order valence-corrected chi connectivity index (χ1v) is 8.62. The van der Waals surface area contributed by atoms with E-state index < -0.39 is 7.14 Å². The van der Waals surface area contributed by atoms with Crippen molar-refractivity contribution in [1.82, 2.24) is 0 Å². The summed E-state index contributed by atoms with van der Waals surface area (Å²) in [5, 5.41) is 2.93. The molecule has 21 heavy (non-hydrogen) atoms. The van der Waals surface area contributed by atoms with Crippen molar-refractivity contribution >= 4 is 30.6 Å². The van der Waals surface area contributed by atoms with Crippen LogP contribution in [0.3, 0.4) is 0 Å². The van der Waals surface area contributed by atoms with E-state index in [0.717, 1.165) is 15.9 Å². The van der Waals surface area contributed by atoms with Gasteiger partial charge in [0.1, 0.15) is 5.82 Å². The van der Waals surface area contributed by atoms with Gasteiger partial charge in [-0.2, -0.15) is 7.14 Å². The van der Waals surface area contributed by atoms with Crippen LogP contribution in [0.1, 0.15) is 0 Å². The summed E-state index contributed by atoms with van der Waals surface area (Å²) in [4.78, 5) is 0. The zero-order valence-corrected chi connectivity index (χ0v) is 12.4. The molecular weight excluding hydrogens is 277 g/mol. The van der Waals surface area contributed by atoms with Gasteiger partial charge in [-0.1, -0.05) is 42.5 Å². The Kier molecular flexibility index (Phi) is 3.90. The molecule has 0 fully saturated rings. The average Bonchev–Trinajstić information content (AvgIpc) is 2.56. The maximum atomic E-state index is 13.7. The van der Waals surface area contributed by atoms with Crippen molar-refractivity contribution in [2.24, 2.45) is 0 Å². The van der Waals surface area contributed by atoms with Crippen LogP contribution in [-0.4, -0.2) is 7.57 Å². The van der Waals surface area contributed by atoms with Gasteiger partial charge in [0.2, 0.25) is 0 Å². The molecule has 3 heteroatoms. The molecule has 3 aromatic rings. The van der Waals surface area contributed by atoms with Gasteiger partial charge in [0.15, 0.2) is 0 Å². The summed E-state index contributed by atoms with van der Waals surface area (Å²) in [5.74, 6) is -0.255. The van der Waals surface area contributed by atoms with Crippen molar-refractivity contribution in [3.05, 3.63) is 90.7 Å². The van der Waals surface area contributed by atoms with Crippen LogP contribution in [0.5, 0.6) is 0 Å². The molecule has 0 aliphatic carbocycles. The fourth-order valence-corrected chi connectivity index (χ4v) is 5.30. The molecule has 0 saturated heterocycles. The van der Waals surface area contributed by atoms with E-state index in [1.54, 1.807) is 12.1 Å². The zero-order valence-electron chi connectivity index (χ0n) is 11.5. The largest absolute Gasteiger partial charge is 0.284 e. The fourth-order valence-electron chi connectivity index (χ4n) is 2.47. The van der Waals surface area contributed by atoms with Gasteiger partial charge >= 0.3 is 0 Å². The summed E-state index contributed by atoms with van der Waals surface area (Å²) in [7, 11) is 4.58. The van der Waals surface area contributed by atoms with Crippen molar-refractivity contribution < 1.29 is 4.39 Å². The van der Waals surface area contributed by atoms with E-state index in [1.165, 1.54) is 6.07 Å². The third-order valence-corrected chi connectivity index (χ3v) is 6.86. The zero-order chi connectivity index (χ0) is 14.7. The van der Waals surface area contributed by atoms with Gasteiger partial charge in [-0.05, 0) is 36.4 Å². The quantitative estimate of drug-likeness (QED) is 0.513. The van der Waals surface area contributed by atoms with Crippen LogP contribution in [0.4, 0.5) is 4.39 Å². The van der Waals surface area contributed by atoms with E-state index in [1.807, 2.05) is 66.7 Å². The Bertz CT molecular complexity index is 689. The second-order valence-corrected chi connectivity index (χ2v) is 7.87. The van der Waals surface area contributed by atoms with Crippen molar-refractivity contribution in [2.75, 3.05) is 0 Å². The van der Waals surface area contributed by atoms with E-state index >= 15 is 0 Å². The summed E-state index contributed by atoms with van der Waals surface area (Å²) >= 11 is 0. The van der Waals surface area contributed by atoms with Gasteiger partial charge in [0, 0.05) is 6.07 Å². The molecule has 0 atom stereocenters. The van der Waals surface area contributed by atoms with Crippen molar-refractivity contribution in [3.8, 4) is 0 Å². The molecule has 0 aliphatic heterocycles. The predicted molar refractivity (Wildman–Crippen MR) is 90.9 cm³/mol. The highest BCUT2D eigenvalue weighted by atomic mass is 31.2. The van der Waals surface area contributed by atoms with Crippen LogP contribution in [0.15, 0.2) is 84.9 Å². The maximum Gasteiger partial charge on any atom is 0.126 e. The minimum atomic E-state index is -2.29. The summed E-state index contributed by atoms with van der Waals surface area (Å²) in [6, 6.07) is 26.5. The molecule has 0 aliphatic rings. The Labute approximate surface area is 126 Å². The lowest BCUT2D eigenvalue weighted by Crippen LogP contribution is -2.31. The topological polar surface area (TPSA) is 0 Å². The Hall–Kier alpha value is -1.92. The third kappa shape index (κ3) is 2.64. The Morgan fingerprint density at radius 1 is 0.619 bits per heavy atom. The van der Waals surface area contributed by atoms with Crippen molar-refractivity contribution in [1.29, 1.82) is 0 Å². The molecule has 0 nitrogen and oxygen atoms in total. The van der Waals surface area contributed by atoms with Gasteiger partial charge in [-0.3, -0.25) is 7.57 Å². The lowest BCUT2D eigenvalue weighted by Gasteiger charge is -2.36. The predicted octanol–water partition coefficient (Wildman–Crippen LogP) is 3.20. The third-order valence-electron chi connectivity index (χ3n) is 3.54. The first kappa shape index (κ1) is 14.0. The second-order valence-electron chi connectivity index (χ2n) is 4.87. The smallest absolute Gasteiger partial charge is 0.126 e. The molecule has 3 radical (unpaired) electrons. The highest BCUT2D eigenvalue weighted by Crippen LogP contribution is 2.50. The summed E-state index contributed by atoms with van der Waals surface area (Å²) in [5.41, 5.74) is 0. The molecule has 0 bridgehead atoms. The number of rotatable bonds is 3. The summed E-state index contributed by atoms with van der Waals surface area (Å²) < 4.78 is 13.7. The van der Waals surface area contributed by atoms with E-state index in [-0.39, 0.29) is 5.82 Å².